The Morgan fingerprint density at radius 1 is 1.48 bits per heavy atom. The van der Waals surface area contributed by atoms with Gasteiger partial charge in [-0.2, -0.15) is 0 Å². The average molecular weight is 312 g/mol. The molecular weight excluding hydrogens is 290 g/mol. The molecule has 1 saturated heterocycles. The zero-order valence-electron chi connectivity index (χ0n) is 12.2. The molecule has 1 fully saturated rings. The Morgan fingerprint density at radius 3 is 2.71 bits per heavy atom. The summed E-state index contributed by atoms with van der Waals surface area (Å²) < 4.78 is 0. The molecule has 1 aliphatic rings. The van der Waals surface area contributed by atoms with Crippen LogP contribution in [-0.2, 0) is 0 Å². The second kappa shape index (κ2) is 7.00. The maximum atomic E-state index is 11.3. The fourth-order valence-corrected chi connectivity index (χ4v) is 3.02. The molecule has 6 heteroatoms. The third kappa shape index (κ3) is 4.02. The van der Waals surface area contributed by atoms with E-state index in [1.54, 1.807) is 6.07 Å². The molecular formula is C15H22ClN3O2. The number of nitrogens with zero attached hydrogens (tertiary/aromatic N) is 1. The molecule has 1 aromatic carbocycles. The molecule has 0 aliphatic carbocycles. The van der Waals surface area contributed by atoms with Gasteiger partial charge in [0.2, 0.25) is 0 Å². The molecule has 0 unspecified atom stereocenters. The van der Waals surface area contributed by atoms with Crippen molar-refractivity contribution in [1.29, 1.82) is 0 Å². The minimum Gasteiger partial charge on any atom is -0.478 e. The Labute approximate surface area is 130 Å². The standard InChI is InChI=1S/C15H22ClN3O2/c1-2-19-5-3-10(4-6-19)9-18-14-12(15(20)21)7-11(17)8-13(14)16/h7-8,10,18H,2-6,9,17H2,1H3,(H,20,21). The van der Waals surface area contributed by atoms with Gasteiger partial charge in [0.25, 0.3) is 0 Å². The van der Waals surface area contributed by atoms with Crippen LogP contribution in [0.15, 0.2) is 12.1 Å². The van der Waals surface area contributed by atoms with Crippen molar-refractivity contribution in [3.05, 3.63) is 22.7 Å². The van der Waals surface area contributed by atoms with Crippen molar-refractivity contribution in [2.24, 2.45) is 5.92 Å². The summed E-state index contributed by atoms with van der Waals surface area (Å²) in [5.41, 5.74) is 6.61. The van der Waals surface area contributed by atoms with Crippen LogP contribution in [0.2, 0.25) is 5.02 Å². The number of nitrogens with two attached hydrogens (primary N) is 1. The van der Waals surface area contributed by atoms with E-state index in [4.69, 9.17) is 17.3 Å². The van der Waals surface area contributed by atoms with Gasteiger partial charge in [0.15, 0.2) is 0 Å². The van der Waals surface area contributed by atoms with Gasteiger partial charge in [0.1, 0.15) is 0 Å². The van der Waals surface area contributed by atoms with Crippen LogP contribution < -0.4 is 11.1 Å². The van der Waals surface area contributed by atoms with Gasteiger partial charge in [-0.3, -0.25) is 0 Å². The predicted octanol–water partition coefficient (Wildman–Crippen LogP) is 2.76. The van der Waals surface area contributed by atoms with Crippen molar-refractivity contribution in [3.63, 3.8) is 0 Å². The van der Waals surface area contributed by atoms with Gasteiger partial charge < -0.3 is 21.1 Å². The van der Waals surface area contributed by atoms with E-state index in [0.717, 1.165) is 39.0 Å². The quantitative estimate of drug-likeness (QED) is 0.729. The van der Waals surface area contributed by atoms with Gasteiger partial charge >= 0.3 is 5.97 Å². The summed E-state index contributed by atoms with van der Waals surface area (Å²) in [6, 6.07) is 3.02. The maximum absolute atomic E-state index is 11.3. The summed E-state index contributed by atoms with van der Waals surface area (Å²) in [5, 5.41) is 12.8. The first-order valence-corrected chi connectivity index (χ1v) is 7.67. The van der Waals surface area contributed by atoms with E-state index in [2.05, 4.69) is 17.1 Å². The van der Waals surface area contributed by atoms with E-state index in [1.165, 1.54) is 6.07 Å². The van der Waals surface area contributed by atoms with Crippen molar-refractivity contribution in [1.82, 2.24) is 4.90 Å². The first-order valence-electron chi connectivity index (χ1n) is 7.29. The monoisotopic (exact) mass is 311 g/mol. The molecule has 1 aromatic rings. The number of nitrogen functional groups attached to an aromatic ring is 1. The molecule has 0 amide bonds. The van der Waals surface area contributed by atoms with Crippen molar-refractivity contribution in [3.8, 4) is 0 Å². The topological polar surface area (TPSA) is 78.6 Å². The number of likely N-dealkylation sites (tertiary alicyclic amines) is 1. The van der Waals surface area contributed by atoms with Gasteiger partial charge in [-0.05, 0) is 50.5 Å². The van der Waals surface area contributed by atoms with Gasteiger partial charge in [-0.15, -0.1) is 0 Å². The van der Waals surface area contributed by atoms with Crippen molar-refractivity contribution >= 4 is 28.9 Å². The second-order valence-corrected chi connectivity index (χ2v) is 5.90. The SMILES string of the molecule is CCN1CCC(CNc2c(Cl)cc(N)cc2C(=O)O)CC1. The molecule has 5 nitrogen and oxygen atoms in total. The predicted molar refractivity (Wildman–Crippen MR) is 86.2 cm³/mol. The molecule has 0 aromatic heterocycles. The van der Waals surface area contributed by atoms with Crippen molar-refractivity contribution in [2.75, 3.05) is 37.2 Å². The van der Waals surface area contributed by atoms with Crippen molar-refractivity contribution < 1.29 is 9.90 Å². The first-order chi connectivity index (χ1) is 10.0. The van der Waals surface area contributed by atoms with Crippen LogP contribution in [-0.4, -0.2) is 42.2 Å². The number of piperidine rings is 1. The highest BCUT2D eigenvalue weighted by atomic mass is 35.5. The minimum atomic E-state index is -1.02. The number of carboxylic acid groups (broad SMARTS) is 1. The summed E-state index contributed by atoms with van der Waals surface area (Å²) in [7, 11) is 0. The number of hydrogen-bond donors (Lipinski definition) is 3. The highest BCUT2D eigenvalue weighted by molar-refractivity contribution is 6.34. The van der Waals surface area contributed by atoms with E-state index in [1.807, 2.05) is 0 Å². The Morgan fingerprint density at radius 2 is 2.14 bits per heavy atom. The fourth-order valence-electron chi connectivity index (χ4n) is 2.73. The van der Waals surface area contributed by atoms with Gasteiger partial charge in [-0.25, -0.2) is 4.79 Å². The molecule has 0 spiro atoms. The normalized spacial score (nSPS) is 16.9. The van der Waals surface area contributed by atoms with E-state index < -0.39 is 5.97 Å². The zero-order chi connectivity index (χ0) is 15.4. The van der Waals surface area contributed by atoms with E-state index >= 15 is 0 Å². The Balaban J connectivity index is 2.02. The summed E-state index contributed by atoms with van der Waals surface area (Å²) in [4.78, 5) is 13.7. The molecule has 0 atom stereocenters. The number of nitrogens with one attached hydrogen (secondary N) is 1. The van der Waals surface area contributed by atoms with Crippen molar-refractivity contribution in [2.45, 2.75) is 19.8 Å². The zero-order valence-corrected chi connectivity index (χ0v) is 13.0. The third-order valence-electron chi connectivity index (χ3n) is 4.06. The van der Waals surface area contributed by atoms with E-state index in [0.29, 0.717) is 22.3 Å². The lowest BCUT2D eigenvalue weighted by molar-refractivity contribution is 0.0698. The molecule has 0 saturated carbocycles. The summed E-state index contributed by atoms with van der Waals surface area (Å²) in [5.74, 6) is -0.476. The van der Waals surface area contributed by atoms with Gasteiger partial charge in [0.05, 0.1) is 16.3 Å². The minimum absolute atomic E-state index is 0.131. The van der Waals surface area contributed by atoms with Crippen LogP contribution in [0.25, 0.3) is 0 Å². The number of carbonyl (C=O) groups is 1. The molecule has 116 valence electrons. The van der Waals surface area contributed by atoms with E-state index in [9.17, 15) is 9.90 Å². The lowest BCUT2D eigenvalue weighted by Crippen LogP contribution is -2.35. The number of hydrogen-bond acceptors (Lipinski definition) is 4. The number of anilines is 2. The number of carboxylic acids is 1. The van der Waals surface area contributed by atoms with Gasteiger partial charge in [-0.1, -0.05) is 18.5 Å². The lowest BCUT2D eigenvalue weighted by atomic mass is 9.96. The Hall–Kier alpha value is -1.46. The summed E-state index contributed by atoms with van der Waals surface area (Å²) in [6.45, 7) is 6.20. The van der Waals surface area contributed by atoms with Crippen LogP contribution >= 0.6 is 11.6 Å². The van der Waals surface area contributed by atoms with E-state index in [-0.39, 0.29) is 5.56 Å². The maximum Gasteiger partial charge on any atom is 0.337 e. The highest BCUT2D eigenvalue weighted by Gasteiger charge is 2.20. The molecule has 1 aliphatic heterocycles. The van der Waals surface area contributed by atoms with Crippen LogP contribution in [0.1, 0.15) is 30.1 Å². The molecule has 0 bridgehead atoms. The van der Waals surface area contributed by atoms with Crippen LogP contribution in [0.3, 0.4) is 0 Å². The number of benzene rings is 1. The number of halogens is 1. The third-order valence-corrected chi connectivity index (χ3v) is 4.36. The number of rotatable bonds is 5. The molecule has 1 heterocycles. The van der Waals surface area contributed by atoms with Crippen LogP contribution in [0, 0.1) is 5.92 Å². The first kappa shape index (κ1) is 15.9. The average Bonchev–Trinajstić information content (AvgIpc) is 2.46. The summed E-state index contributed by atoms with van der Waals surface area (Å²) in [6.07, 6.45) is 2.24. The summed E-state index contributed by atoms with van der Waals surface area (Å²) >= 11 is 6.13. The number of aromatic carboxylic acids is 1. The molecule has 21 heavy (non-hydrogen) atoms. The van der Waals surface area contributed by atoms with Gasteiger partial charge in [0, 0.05) is 12.2 Å². The Bertz CT molecular complexity index is 514. The second-order valence-electron chi connectivity index (χ2n) is 5.49. The lowest BCUT2D eigenvalue weighted by Gasteiger charge is -2.31. The highest BCUT2D eigenvalue weighted by Crippen LogP contribution is 2.30. The molecule has 0 radical (unpaired) electrons. The molecule has 4 N–H and O–H groups in total. The van der Waals surface area contributed by atoms with Crippen LogP contribution in [0.4, 0.5) is 11.4 Å². The molecule has 2 rings (SSSR count). The van der Waals surface area contributed by atoms with Crippen LogP contribution in [0.5, 0.6) is 0 Å². The fraction of sp³-hybridized carbons (Fsp3) is 0.533. The smallest absolute Gasteiger partial charge is 0.337 e. The largest absolute Gasteiger partial charge is 0.478 e. The Kier molecular flexibility index (Phi) is 5.31.